The third kappa shape index (κ3) is 2.60. The number of rotatable bonds is 7. The monoisotopic (exact) mass is 226 g/mol. The molecule has 96 valence electrons. The van der Waals surface area contributed by atoms with E-state index in [1.54, 1.807) is 0 Å². The van der Waals surface area contributed by atoms with E-state index in [9.17, 15) is 0 Å². The van der Waals surface area contributed by atoms with Gasteiger partial charge in [-0.2, -0.15) is 0 Å². The molecule has 0 spiro atoms. The van der Waals surface area contributed by atoms with Crippen molar-refractivity contribution in [1.29, 1.82) is 0 Å². The molecule has 0 radical (unpaired) electrons. The molecule has 0 aromatic heterocycles. The fraction of sp³-hybridized carbons (Fsp3) is 1.00. The van der Waals surface area contributed by atoms with Gasteiger partial charge in [0.1, 0.15) is 0 Å². The van der Waals surface area contributed by atoms with Gasteiger partial charge in [-0.15, -0.1) is 0 Å². The standard InChI is InChI=1S/C14H30N2/c1-6-14(7-2,16(4)5)13(15-3)11-12-9-8-10-12/h12-13,15H,6-11H2,1-5H3. The average molecular weight is 226 g/mol. The Kier molecular flexibility index (Phi) is 5.26. The summed E-state index contributed by atoms with van der Waals surface area (Å²) in [6, 6.07) is 0.641. The summed E-state index contributed by atoms with van der Waals surface area (Å²) in [6.07, 6.45) is 8.18. The highest BCUT2D eigenvalue weighted by atomic mass is 15.2. The Balaban J connectivity index is 2.70. The minimum Gasteiger partial charge on any atom is -0.315 e. The molecule has 0 saturated heterocycles. The van der Waals surface area contributed by atoms with E-state index in [0.717, 1.165) is 5.92 Å². The molecule has 0 amide bonds. The van der Waals surface area contributed by atoms with Gasteiger partial charge in [-0.05, 0) is 46.3 Å². The normalized spacial score (nSPS) is 19.9. The minimum atomic E-state index is 0.338. The number of hydrogen-bond donors (Lipinski definition) is 1. The predicted molar refractivity (Wildman–Crippen MR) is 71.8 cm³/mol. The molecule has 0 bridgehead atoms. The van der Waals surface area contributed by atoms with Crippen molar-refractivity contribution in [3.8, 4) is 0 Å². The zero-order valence-electron chi connectivity index (χ0n) is 11.8. The first-order valence-electron chi connectivity index (χ1n) is 6.95. The molecule has 1 aliphatic rings. The minimum absolute atomic E-state index is 0.338. The summed E-state index contributed by atoms with van der Waals surface area (Å²) in [7, 11) is 6.60. The van der Waals surface area contributed by atoms with Gasteiger partial charge >= 0.3 is 0 Å². The number of hydrogen-bond acceptors (Lipinski definition) is 2. The molecule has 0 aromatic rings. The van der Waals surface area contributed by atoms with Crippen LogP contribution in [-0.4, -0.2) is 37.6 Å². The van der Waals surface area contributed by atoms with Gasteiger partial charge in [-0.25, -0.2) is 0 Å². The van der Waals surface area contributed by atoms with E-state index in [4.69, 9.17) is 0 Å². The Morgan fingerprint density at radius 2 is 1.81 bits per heavy atom. The summed E-state index contributed by atoms with van der Waals surface area (Å²) in [5.41, 5.74) is 0.338. The molecule has 0 heterocycles. The van der Waals surface area contributed by atoms with E-state index in [0.29, 0.717) is 11.6 Å². The van der Waals surface area contributed by atoms with Crippen molar-refractivity contribution in [3.05, 3.63) is 0 Å². The van der Waals surface area contributed by atoms with Crippen molar-refractivity contribution in [2.45, 2.75) is 64.0 Å². The number of nitrogens with one attached hydrogen (secondary N) is 1. The highest BCUT2D eigenvalue weighted by Crippen LogP contribution is 2.36. The molecule has 1 unspecified atom stereocenters. The lowest BCUT2D eigenvalue weighted by atomic mass is 9.73. The smallest absolute Gasteiger partial charge is 0.0351 e. The molecular weight excluding hydrogens is 196 g/mol. The highest BCUT2D eigenvalue weighted by Gasteiger charge is 2.38. The molecule has 2 heteroatoms. The number of likely N-dealkylation sites (N-methyl/N-ethyl adjacent to an activating group) is 2. The van der Waals surface area contributed by atoms with Crippen LogP contribution in [0.2, 0.25) is 0 Å². The second kappa shape index (κ2) is 6.02. The first-order chi connectivity index (χ1) is 7.60. The molecular formula is C14H30N2. The largest absolute Gasteiger partial charge is 0.315 e. The van der Waals surface area contributed by atoms with Crippen LogP contribution >= 0.6 is 0 Å². The third-order valence-electron chi connectivity index (χ3n) is 4.91. The summed E-state index contributed by atoms with van der Waals surface area (Å²) in [4.78, 5) is 2.44. The molecule has 1 fully saturated rings. The summed E-state index contributed by atoms with van der Waals surface area (Å²) >= 11 is 0. The molecule has 1 saturated carbocycles. The van der Waals surface area contributed by atoms with Crippen LogP contribution in [0.3, 0.4) is 0 Å². The summed E-state index contributed by atoms with van der Waals surface area (Å²) in [5, 5.41) is 3.58. The van der Waals surface area contributed by atoms with Crippen molar-refractivity contribution in [3.63, 3.8) is 0 Å². The molecule has 0 aromatic carbocycles. The SMILES string of the molecule is CCC(CC)(C(CC1CCC1)NC)N(C)C. The van der Waals surface area contributed by atoms with Crippen LogP contribution in [-0.2, 0) is 0 Å². The quantitative estimate of drug-likeness (QED) is 0.718. The zero-order chi connectivity index (χ0) is 12.2. The van der Waals surface area contributed by atoms with Crippen molar-refractivity contribution >= 4 is 0 Å². The maximum Gasteiger partial charge on any atom is 0.0351 e. The summed E-state index contributed by atoms with van der Waals surface area (Å²) in [5.74, 6) is 0.981. The molecule has 2 nitrogen and oxygen atoms in total. The van der Waals surface area contributed by atoms with Gasteiger partial charge < -0.3 is 10.2 Å². The Bertz CT molecular complexity index is 193. The topological polar surface area (TPSA) is 15.3 Å². The predicted octanol–water partition coefficient (Wildman–Crippen LogP) is 2.89. The van der Waals surface area contributed by atoms with Crippen LogP contribution in [0.1, 0.15) is 52.4 Å². The van der Waals surface area contributed by atoms with Gasteiger partial charge in [-0.3, -0.25) is 0 Å². The number of nitrogens with zero attached hydrogens (tertiary/aromatic N) is 1. The van der Waals surface area contributed by atoms with E-state index < -0.39 is 0 Å². The zero-order valence-corrected chi connectivity index (χ0v) is 11.8. The lowest BCUT2D eigenvalue weighted by Crippen LogP contribution is -2.58. The first-order valence-corrected chi connectivity index (χ1v) is 6.95. The van der Waals surface area contributed by atoms with Crippen LogP contribution < -0.4 is 5.32 Å². The van der Waals surface area contributed by atoms with E-state index in [1.807, 2.05) is 0 Å². The average Bonchev–Trinajstić information content (AvgIpc) is 2.21. The maximum atomic E-state index is 3.58. The second-order valence-electron chi connectivity index (χ2n) is 5.58. The Labute approximate surface area is 102 Å². The second-order valence-corrected chi connectivity index (χ2v) is 5.58. The van der Waals surface area contributed by atoms with Crippen molar-refractivity contribution in [2.24, 2.45) is 5.92 Å². The van der Waals surface area contributed by atoms with Crippen molar-refractivity contribution in [1.82, 2.24) is 10.2 Å². The summed E-state index contributed by atoms with van der Waals surface area (Å²) in [6.45, 7) is 4.66. The Morgan fingerprint density at radius 1 is 1.25 bits per heavy atom. The summed E-state index contributed by atoms with van der Waals surface area (Å²) < 4.78 is 0. The Hall–Kier alpha value is -0.0800. The van der Waals surface area contributed by atoms with Crippen molar-refractivity contribution in [2.75, 3.05) is 21.1 Å². The molecule has 16 heavy (non-hydrogen) atoms. The van der Waals surface area contributed by atoms with Crippen LogP contribution in [0.25, 0.3) is 0 Å². The van der Waals surface area contributed by atoms with Gasteiger partial charge in [-0.1, -0.05) is 33.1 Å². The van der Waals surface area contributed by atoms with Crippen LogP contribution in [0.4, 0.5) is 0 Å². The lowest BCUT2D eigenvalue weighted by Gasteiger charge is -2.47. The van der Waals surface area contributed by atoms with Gasteiger partial charge in [0.2, 0.25) is 0 Å². The fourth-order valence-corrected chi connectivity index (χ4v) is 3.35. The van der Waals surface area contributed by atoms with Crippen LogP contribution in [0, 0.1) is 5.92 Å². The lowest BCUT2D eigenvalue weighted by molar-refractivity contribution is 0.0708. The van der Waals surface area contributed by atoms with Crippen LogP contribution in [0.15, 0.2) is 0 Å². The first kappa shape index (κ1) is 14.0. The molecule has 0 aliphatic heterocycles. The fourth-order valence-electron chi connectivity index (χ4n) is 3.35. The Morgan fingerprint density at radius 3 is 2.06 bits per heavy atom. The van der Waals surface area contributed by atoms with Gasteiger partial charge in [0.25, 0.3) is 0 Å². The third-order valence-corrected chi connectivity index (χ3v) is 4.91. The van der Waals surface area contributed by atoms with Crippen LogP contribution in [0.5, 0.6) is 0 Å². The van der Waals surface area contributed by atoms with Gasteiger partial charge in [0.05, 0.1) is 0 Å². The molecule has 1 atom stereocenters. The van der Waals surface area contributed by atoms with E-state index >= 15 is 0 Å². The molecule has 1 N–H and O–H groups in total. The van der Waals surface area contributed by atoms with E-state index in [1.165, 1.54) is 38.5 Å². The van der Waals surface area contributed by atoms with Crippen molar-refractivity contribution < 1.29 is 0 Å². The van der Waals surface area contributed by atoms with E-state index in [2.05, 4.69) is 45.2 Å². The maximum absolute atomic E-state index is 3.58. The van der Waals surface area contributed by atoms with E-state index in [-0.39, 0.29) is 0 Å². The molecule has 1 aliphatic carbocycles. The molecule has 1 rings (SSSR count). The van der Waals surface area contributed by atoms with Gasteiger partial charge in [0.15, 0.2) is 0 Å². The van der Waals surface area contributed by atoms with Gasteiger partial charge in [0, 0.05) is 11.6 Å². The highest BCUT2D eigenvalue weighted by molar-refractivity contribution is 4.98.